The molecule has 0 saturated carbocycles. The van der Waals surface area contributed by atoms with Crippen molar-refractivity contribution in [3.63, 3.8) is 0 Å². The van der Waals surface area contributed by atoms with E-state index >= 15 is 0 Å². The number of sulfonamides is 2. The number of nitrogens with one attached hydrogen (secondary N) is 4. The van der Waals surface area contributed by atoms with Gasteiger partial charge < -0.3 is 59.4 Å². The molecule has 4 fully saturated rings. The summed E-state index contributed by atoms with van der Waals surface area (Å²) in [6, 6.07) is 25.1. The molecule has 30 heteroatoms. The van der Waals surface area contributed by atoms with Gasteiger partial charge in [0.2, 0.25) is 55.2 Å². The van der Waals surface area contributed by atoms with Gasteiger partial charge in [0.1, 0.15) is 24.7 Å². The summed E-state index contributed by atoms with van der Waals surface area (Å²) in [6.07, 6.45) is 19.7. The number of Topliss-reactive ketones (excluding diaryl/α,β-unsaturated/α-hetero) is 2. The number of unbranched alkanes of at least 4 members (excludes halogenated alkanes) is 2. The van der Waals surface area contributed by atoms with E-state index in [2.05, 4.69) is 63.5 Å². The van der Waals surface area contributed by atoms with E-state index < -0.39 is 67.6 Å². The van der Waals surface area contributed by atoms with Crippen LogP contribution in [0.25, 0.3) is 11.1 Å². The Kier molecular flexibility index (Phi) is 30.4. The molecule has 0 spiro atoms. The van der Waals surface area contributed by atoms with Gasteiger partial charge >= 0.3 is 12.3 Å². The van der Waals surface area contributed by atoms with Crippen molar-refractivity contribution in [2.45, 2.75) is 179 Å². The Morgan fingerprint density at radius 3 is 1.54 bits per heavy atom. The normalized spacial score (nSPS) is 20.2. The number of piperidine rings is 2. The van der Waals surface area contributed by atoms with E-state index in [1.807, 2.05) is 39.8 Å². The van der Waals surface area contributed by atoms with Gasteiger partial charge in [-0.3, -0.25) is 28.8 Å². The van der Waals surface area contributed by atoms with Crippen LogP contribution < -0.4 is 29.9 Å². The molecule has 2 unspecified atom stereocenters. The van der Waals surface area contributed by atoms with Crippen LogP contribution in [0.5, 0.6) is 0 Å². The first-order chi connectivity index (χ1) is 56.7. The summed E-state index contributed by atoms with van der Waals surface area (Å²) in [5, 5.41) is 29.2. The Balaban J connectivity index is 0.000000232. The van der Waals surface area contributed by atoms with Crippen LogP contribution in [0.1, 0.15) is 167 Å². The number of hydrogen-bond acceptors (Lipinski definition) is 22. The van der Waals surface area contributed by atoms with Crippen molar-refractivity contribution in [3.8, 4) is 0 Å². The number of aliphatic imine (C=N–C) groups is 2. The highest BCUT2D eigenvalue weighted by molar-refractivity contribution is 7.89. The number of aryl methyl sites for hydroxylation is 1. The molecular weight excluding hydrogens is 1550 g/mol. The maximum atomic E-state index is 14.3. The molecule has 4 heterocycles. The van der Waals surface area contributed by atoms with Gasteiger partial charge in [0.15, 0.2) is 0 Å². The van der Waals surface area contributed by atoms with Crippen LogP contribution in [-0.2, 0) is 67.8 Å². The van der Waals surface area contributed by atoms with Gasteiger partial charge in [0.05, 0.1) is 80.9 Å². The number of rotatable bonds is 30. The van der Waals surface area contributed by atoms with Crippen LogP contribution in [0.15, 0.2) is 192 Å². The summed E-state index contributed by atoms with van der Waals surface area (Å²) >= 11 is 0. The zero-order valence-corrected chi connectivity index (χ0v) is 69.5. The second-order valence-corrected chi connectivity index (χ2v) is 33.8. The van der Waals surface area contributed by atoms with E-state index in [1.54, 1.807) is 85.0 Å². The predicted octanol–water partition coefficient (Wildman–Crippen LogP) is 13.5. The summed E-state index contributed by atoms with van der Waals surface area (Å²) < 4.78 is 76.1. The number of ketones is 2. The number of hydrogen-bond donors (Lipinski definition) is 6. The van der Waals surface area contributed by atoms with Crippen molar-refractivity contribution >= 4 is 113 Å². The molecule has 4 amide bonds. The third-order valence-electron chi connectivity index (χ3n) is 21.7. The third kappa shape index (κ3) is 22.0. The van der Waals surface area contributed by atoms with Gasteiger partial charge in [-0.1, -0.05) is 63.1 Å². The molecule has 4 aliphatic carbocycles. The van der Waals surface area contributed by atoms with E-state index in [1.165, 1.54) is 24.3 Å². The zero-order valence-electron chi connectivity index (χ0n) is 67.8. The van der Waals surface area contributed by atoms with Gasteiger partial charge in [0.25, 0.3) is 0 Å². The average molecular weight is 1660 g/mol. The quantitative estimate of drug-likeness (QED) is 0.0160. The van der Waals surface area contributed by atoms with Crippen molar-refractivity contribution in [1.29, 1.82) is 0 Å². The Bertz CT molecular complexity index is 5070. The Morgan fingerprint density at radius 1 is 0.500 bits per heavy atom. The lowest BCUT2D eigenvalue weighted by molar-refractivity contribution is -0.119. The maximum absolute atomic E-state index is 14.3. The smallest absolute Gasteiger partial charge is 0.506 e. The summed E-state index contributed by atoms with van der Waals surface area (Å²) in [6.45, 7) is 16.6. The van der Waals surface area contributed by atoms with E-state index in [9.17, 15) is 65.4 Å². The van der Waals surface area contributed by atoms with E-state index in [-0.39, 0.29) is 149 Å². The summed E-state index contributed by atoms with van der Waals surface area (Å²) in [5.74, 6) is -3.77. The molecule has 2 atom stereocenters. The molecule has 4 aromatic carbocycles. The van der Waals surface area contributed by atoms with Crippen molar-refractivity contribution < 1.29 is 84.4 Å². The van der Waals surface area contributed by atoms with Crippen molar-refractivity contribution in [2.24, 2.45) is 9.98 Å². The SMILES string of the molecule is CC1=CC(=C2C(=O)C(c3cc(C)c(N4CCCC4)cc3NC(=O)CCNS(=O)(=O)c3ccccc3)=C2O)C(=NC(=O)CCNS(=O)(=O)c2ccccc2)C=C1N1CCCC1.CCCCOC(=O)OCCC(=O)N=C1C=C(N2CCCCC2C)C=C/C1=C1\C(=O)C(c2ccc(N3CCCCC3C)cc2NC(=O)CCOC(=O)OCCCC)=C1O. The fraction of sp³-hybridized carbons (Fsp3) is 0.432. The maximum Gasteiger partial charge on any atom is 0.508 e. The molecule has 6 N–H and O–H groups in total. The number of nitrogens with zero attached hydrogens (tertiary/aromatic N) is 6. The van der Waals surface area contributed by atoms with Crippen molar-refractivity contribution in [3.05, 3.63) is 189 Å². The fourth-order valence-electron chi connectivity index (χ4n) is 15.3. The number of carbonyl (C=O) groups is 8. The lowest BCUT2D eigenvalue weighted by Gasteiger charge is -2.37. The van der Waals surface area contributed by atoms with Crippen molar-refractivity contribution in [1.82, 2.24) is 19.2 Å². The Hall–Kier alpha value is -11.1. The minimum atomic E-state index is -3.85. The first-order valence-corrected chi connectivity index (χ1v) is 43.8. The van der Waals surface area contributed by atoms with Crippen LogP contribution >= 0.6 is 0 Å². The molecule has 0 bridgehead atoms. The van der Waals surface area contributed by atoms with Crippen LogP contribution in [0, 0.1) is 6.92 Å². The molecule has 28 nitrogen and oxygen atoms in total. The van der Waals surface area contributed by atoms with Gasteiger partial charge in [-0.05, 0) is 201 Å². The third-order valence-corrected chi connectivity index (χ3v) is 24.6. The van der Waals surface area contributed by atoms with Crippen LogP contribution in [0.3, 0.4) is 0 Å². The molecular formula is C88H106N10O18S2. The number of ether oxygens (including phenoxy) is 4. The van der Waals surface area contributed by atoms with E-state index in [0.29, 0.717) is 29.7 Å². The summed E-state index contributed by atoms with van der Waals surface area (Å²) in [4.78, 5) is 123. The first-order valence-electron chi connectivity index (χ1n) is 40.9. The first kappa shape index (κ1) is 87.7. The zero-order chi connectivity index (χ0) is 84.2. The summed E-state index contributed by atoms with van der Waals surface area (Å²) in [5.41, 5.74) is 7.13. The number of allylic oxidation sites excluding steroid dienone is 12. The summed E-state index contributed by atoms with van der Waals surface area (Å²) in [7, 11) is -7.70. The van der Waals surface area contributed by atoms with Crippen molar-refractivity contribution in [2.75, 3.05) is 99.2 Å². The lowest BCUT2D eigenvalue weighted by Crippen LogP contribution is -2.37. The Labute approximate surface area is 689 Å². The highest BCUT2D eigenvalue weighted by Crippen LogP contribution is 2.47. The molecule has 4 aliphatic heterocycles. The topological polar surface area (TPSA) is 368 Å². The number of anilines is 4. The second-order valence-electron chi connectivity index (χ2n) is 30.2. The number of aliphatic hydroxyl groups is 2. The highest BCUT2D eigenvalue weighted by Gasteiger charge is 2.43. The number of carbonyl (C=O) groups excluding carboxylic acids is 8. The second kappa shape index (κ2) is 40.9. The highest BCUT2D eigenvalue weighted by atomic mass is 32.2. The molecule has 628 valence electrons. The van der Waals surface area contributed by atoms with Crippen LogP contribution in [0.2, 0.25) is 0 Å². The molecule has 118 heavy (non-hydrogen) atoms. The van der Waals surface area contributed by atoms with Gasteiger partial charge in [0, 0.05) is 122 Å². The molecule has 0 radical (unpaired) electrons. The number of amides is 4. The molecule has 0 aromatic heterocycles. The largest absolute Gasteiger partial charge is 0.508 e. The molecule has 8 aliphatic rings. The number of aliphatic hydroxyl groups excluding tert-OH is 2. The minimum Gasteiger partial charge on any atom is -0.506 e. The monoisotopic (exact) mass is 1650 g/mol. The Morgan fingerprint density at radius 2 is 0.983 bits per heavy atom. The molecule has 12 rings (SSSR count). The van der Waals surface area contributed by atoms with Gasteiger partial charge in [-0.2, -0.15) is 0 Å². The lowest BCUT2D eigenvalue weighted by atomic mass is 9.77. The van der Waals surface area contributed by atoms with Crippen LogP contribution in [0.4, 0.5) is 32.3 Å². The number of benzene rings is 4. The minimum absolute atomic E-state index is 0.00321. The van der Waals surface area contributed by atoms with E-state index in [0.717, 1.165) is 150 Å². The van der Waals surface area contributed by atoms with E-state index in [4.69, 9.17) is 18.9 Å². The molecule has 4 aromatic rings. The van der Waals surface area contributed by atoms with Gasteiger partial charge in [-0.15, -0.1) is 0 Å². The average Bonchev–Trinajstić information content (AvgIpc) is 0.879. The predicted molar refractivity (Wildman–Crippen MR) is 451 cm³/mol. The number of likely N-dealkylation sites (tertiary alicyclic amines) is 2. The fourth-order valence-corrected chi connectivity index (χ4v) is 17.4. The van der Waals surface area contributed by atoms with Gasteiger partial charge in [-0.25, -0.2) is 45.9 Å². The molecule has 4 saturated heterocycles. The van der Waals surface area contributed by atoms with Crippen LogP contribution in [-0.4, -0.2) is 187 Å². The standard InChI is InChI=1S/C44H48N6O8S2.C44H58N4O10/c1-29-25-33(35(27-37(29)49-21-9-10-22-49)47-39(51)17-19-45-59(55,56)31-13-5-3-6-14-31)41-43(53)42(44(41)54)34-26-30(2)38(50-23-11-12-24-50)28-36(34)48-40(52)18-20-46-60(57,58)32-15-7-4-8-16-32;1-5-7-23-55-43(53)57-25-19-37(49)45-35-27-31(47-21-11-9-13-29(47)3)15-17-33(35)39-41(51)40(42(39)52)34-18-16-32(48-22-12-10-14-30(48)4)28-36(34)46-38(50)20-26-58-44(54)56-24-8-6-2/h3-8,13-16,25-28,45-46,53H,9-12,17-24H2,1-2H3,(H,47,51);15-18,27-30,51H,5-14,19-26H2,1-4H3,(H,45,49)/b;40-34+,46-36?.